The zero-order valence-electron chi connectivity index (χ0n) is 10.1. The van der Waals surface area contributed by atoms with Gasteiger partial charge in [0.15, 0.2) is 0 Å². The third kappa shape index (κ3) is 25.7. The predicted octanol–water partition coefficient (Wildman–Crippen LogP) is -2.01. The molecule has 0 heterocycles. The number of aliphatic hydroxyl groups excluding tert-OH is 4. The van der Waals surface area contributed by atoms with Crippen molar-refractivity contribution in [1.29, 1.82) is 0 Å². The first-order valence-corrected chi connectivity index (χ1v) is 5.50. The zero-order valence-corrected chi connectivity index (χ0v) is 10.1. The van der Waals surface area contributed by atoms with Crippen molar-refractivity contribution in [2.24, 2.45) is 0 Å². The van der Waals surface area contributed by atoms with E-state index in [9.17, 15) is 0 Å². The second kappa shape index (κ2) is 21.1. The molecule has 0 atom stereocenters. The second-order valence-corrected chi connectivity index (χ2v) is 2.73. The third-order valence-corrected chi connectivity index (χ3v) is 1.31. The van der Waals surface area contributed by atoms with Gasteiger partial charge in [-0.25, -0.2) is 0 Å². The molecule has 17 heavy (non-hydrogen) atoms. The molecular formula is C10H24O7. The highest BCUT2D eigenvalue weighted by molar-refractivity contribution is 4.30. The van der Waals surface area contributed by atoms with Crippen LogP contribution in [0.25, 0.3) is 0 Å². The molecule has 0 saturated heterocycles. The summed E-state index contributed by atoms with van der Waals surface area (Å²) in [6.07, 6.45) is 0. The molecular weight excluding hydrogens is 232 g/mol. The van der Waals surface area contributed by atoms with Gasteiger partial charge < -0.3 is 34.6 Å². The minimum atomic E-state index is 0.0278. The van der Waals surface area contributed by atoms with E-state index in [1.54, 1.807) is 0 Å². The topological polar surface area (TPSA) is 109 Å². The van der Waals surface area contributed by atoms with E-state index in [2.05, 4.69) is 4.74 Å². The van der Waals surface area contributed by atoms with Crippen LogP contribution in [0.2, 0.25) is 0 Å². The molecule has 0 aromatic carbocycles. The Hall–Kier alpha value is -0.280. The van der Waals surface area contributed by atoms with Gasteiger partial charge in [0.1, 0.15) is 0 Å². The molecule has 7 nitrogen and oxygen atoms in total. The lowest BCUT2D eigenvalue weighted by molar-refractivity contribution is 0.0222. The van der Waals surface area contributed by atoms with E-state index >= 15 is 0 Å². The maximum absolute atomic E-state index is 8.26. The molecule has 0 saturated carbocycles. The summed E-state index contributed by atoms with van der Waals surface area (Å²) < 4.78 is 14.4. The van der Waals surface area contributed by atoms with Crippen LogP contribution in [-0.2, 0) is 14.2 Å². The average molecular weight is 256 g/mol. The Morgan fingerprint density at radius 1 is 0.412 bits per heavy atom. The summed E-state index contributed by atoms with van der Waals surface area (Å²) in [6, 6.07) is 0. The van der Waals surface area contributed by atoms with Gasteiger partial charge in [-0.1, -0.05) is 0 Å². The van der Waals surface area contributed by atoms with Crippen LogP contribution in [-0.4, -0.2) is 86.5 Å². The summed E-state index contributed by atoms with van der Waals surface area (Å²) in [6.45, 7) is 2.42. The first kappa shape index (κ1) is 19.1. The van der Waals surface area contributed by atoms with E-state index in [1.165, 1.54) is 0 Å². The number of hydrogen-bond acceptors (Lipinski definition) is 7. The molecule has 0 unspecified atom stereocenters. The number of rotatable bonds is 11. The lowest BCUT2D eigenvalue weighted by Gasteiger charge is -2.01. The fourth-order valence-corrected chi connectivity index (χ4v) is 0.682. The molecule has 0 aliphatic carbocycles. The van der Waals surface area contributed by atoms with Gasteiger partial charge in [-0.15, -0.1) is 0 Å². The minimum absolute atomic E-state index is 0.0278. The van der Waals surface area contributed by atoms with E-state index in [0.717, 1.165) is 0 Å². The minimum Gasteiger partial charge on any atom is -0.394 e. The molecule has 0 aliphatic rings. The molecule has 0 amide bonds. The number of aliphatic hydroxyl groups is 4. The maximum Gasteiger partial charge on any atom is 0.0701 e. The molecule has 0 spiro atoms. The molecule has 7 heteroatoms. The van der Waals surface area contributed by atoms with Crippen molar-refractivity contribution in [3.63, 3.8) is 0 Å². The maximum atomic E-state index is 8.26. The summed E-state index contributed by atoms with van der Waals surface area (Å²) >= 11 is 0. The van der Waals surface area contributed by atoms with Gasteiger partial charge >= 0.3 is 0 Å². The first-order valence-electron chi connectivity index (χ1n) is 5.50. The van der Waals surface area contributed by atoms with Crippen molar-refractivity contribution < 1.29 is 34.6 Å². The molecule has 0 aromatic heterocycles. The quantitative estimate of drug-likeness (QED) is 0.316. The van der Waals surface area contributed by atoms with Crippen LogP contribution in [0.5, 0.6) is 0 Å². The molecule has 0 aliphatic heterocycles. The zero-order chi connectivity index (χ0) is 13.2. The van der Waals surface area contributed by atoms with Crippen LogP contribution < -0.4 is 0 Å². The Labute approximate surface area is 102 Å². The first-order chi connectivity index (χ1) is 8.33. The molecule has 106 valence electrons. The second-order valence-electron chi connectivity index (χ2n) is 2.73. The van der Waals surface area contributed by atoms with Crippen LogP contribution in [0.1, 0.15) is 0 Å². The third-order valence-electron chi connectivity index (χ3n) is 1.31. The van der Waals surface area contributed by atoms with Crippen molar-refractivity contribution in [2.45, 2.75) is 0 Å². The van der Waals surface area contributed by atoms with Gasteiger partial charge in [-0.05, 0) is 0 Å². The van der Waals surface area contributed by atoms with Gasteiger partial charge in [-0.2, -0.15) is 0 Å². The van der Waals surface area contributed by atoms with Gasteiger partial charge in [0.05, 0.1) is 66.1 Å². The van der Waals surface area contributed by atoms with Crippen LogP contribution in [0.3, 0.4) is 0 Å². The summed E-state index contributed by atoms with van der Waals surface area (Å²) in [5.41, 5.74) is 0. The van der Waals surface area contributed by atoms with Crippen molar-refractivity contribution in [1.82, 2.24) is 0 Å². The molecule has 0 rings (SSSR count). The fourth-order valence-electron chi connectivity index (χ4n) is 0.682. The SMILES string of the molecule is OCCOCCO.OCCOCCOCCO. The summed E-state index contributed by atoms with van der Waals surface area (Å²) in [5, 5.41) is 32.7. The van der Waals surface area contributed by atoms with E-state index in [-0.39, 0.29) is 26.4 Å². The van der Waals surface area contributed by atoms with Gasteiger partial charge in [0, 0.05) is 0 Å². The Bertz CT molecular complexity index is 101. The molecule has 0 radical (unpaired) electrons. The van der Waals surface area contributed by atoms with Crippen LogP contribution >= 0.6 is 0 Å². The van der Waals surface area contributed by atoms with Crippen LogP contribution in [0.4, 0.5) is 0 Å². The predicted molar refractivity (Wildman–Crippen MR) is 60.8 cm³/mol. The smallest absolute Gasteiger partial charge is 0.0701 e. The summed E-state index contributed by atoms with van der Waals surface area (Å²) in [4.78, 5) is 0. The van der Waals surface area contributed by atoms with Crippen molar-refractivity contribution in [2.75, 3.05) is 66.1 Å². The van der Waals surface area contributed by atoms with Crippen LogP contribution in [0, 0.1) is 0 Å². The Morgan fingerprint density at radius 2 is 0.647 bits per heavy atom. The Balaban J connectivity index is 0. The largest absolute Gasteiger partial charge is 0.394 e. The normalized spacial score (nSPS) is 9.88. The molecule has 0 aromatic rings. The lowest BCUT2D eigenvalue weighted by atomic mass is 10.7. The summed E-state index contributed by atoms with van der Waals surface area (Å²) in [5.74, 6) is 0. The van der Waals surface area contributed by atoms with Gasteiger partial charge in [-0.3, -0.25) is 0 Å². The molecule has 4 N–H and O–H groups in total. The molecule has 0 fully saturated rings. The van der Waals surface area contributed by atoms with Gasteiger partial charge in [0.2, 0.25) is 0 Å². The molecule has 0 bridgehead atoms. The Kier molecular flexibility index (Phi) is 23.6. The number of hydrogen-bond donors (Lipinski definition) is 4. The standard InChI is InChI=1S/C6H14O4.C4H10O3/c7-1-3-9-5-6-10-4-2-8;5-1-3-7-4-2-6/h7-8H,1-6H2;5-6H,1-4H2. The van der Waals surface area contributed by atoms with E-state index in [1.807, 2.05) is 0 Å². The summed E-state index contributed by atoms with van der Waals surface area (Å²) in [7, 11) is 0. The monoisotopic (exact) mass is 256 g/mol. The van der Waals surface area contributed by atoms with Crippen LogP contribution in [0.15, 0.2) is 0 Å². The lowest BCUT2D eigenvalue weighted by Crippen LogP contribution is -2.09. The van der Waals surface area contributed by atoms with Crippen molar-refractivity contribution in [3.05, 3.63) is 0 Å². The van der Waals surface area contributed by atoms with E-state index in [4.69, 9.17) is 29.9 Å². The highest BCUT2D eigenvalue weighted by atomic mass is 16.5. The highest BCUT2D eigenvalue weighted by Crippen LogP contribution is 1.76. The fraction of sp³-hybridized carbons (Fsp3) is 1.00. The average Bonchev–Trinajstić information content (AvgIpc) is 2.35. The Morgan fingerprint density at radius 3 is 0.882 bits per heavy atom. The van der Waals surface area contributed by atoms with Gasteiger partial charge in [0.25, 0.3) is 0 Å². The van der Waals surface area contributed by atoms with E-state index < -0.39 is 0 Å². The van der Waals surface area contributed by atoms with E-state index in [0.29, 0.717) is 39.6 Å². The highest BCUT2D eigenvalue weighted by Gasteiger charge is 1.86. The van der Waals surface area contributed by atoms with Crippen molar-refractivity contribution in [3.8, 4) is 0 Å². The van der Waals surface area contributed by atoms with Crippen molar-refractivity contribution >= 4 is 0 Å². The number of ether oxygens (including phenoxy) is 3.